The van der Waals surface area contributed by atoms with Gasteiger partial charge in [0.25, 0.3) is 0 Å². The minimum Gasteiger partial charge on any atom is -0.399 e. The van der Waals surface area contributed by atoms with Crippen LogP contribution in [-0.2, 0) is 14.8 Å². The lowest BCUT2D eigenvalue weighted by molar-refractivity contribution is 0.0626. The van der Waals surface area contributed by atoms with Gasteiger partial charge in [0.15, 0.2) is 4.90 Å². The zero-order valence-corrected chi connectivity index (χ0v) is 12.3. The summed E-state index contributed by atoms with van der Waals surface area (Å²) >= 11 is 0. The number of hydrogen-bond donors (Lipinski definition) is 2. The SMILES string of the molecule is Nc1cc(F)c(S(=O)(=O)NCCOC2CCCC2)c(F)c1. The van der Waals surface area contributed by atoms with E-state index >= 15 is 0 Å². The molecule has 21 heavy (non-hydrogen) atoms. The lowest BCUT2D eigenvalue weighted by Gasteiger charge is -2.12. The maximum absolute atomic E-state index is 13.6. The number of nitrogens with one attached hydrogen (secondary N) is 1. The summed E-state index contributed by atoms with van der Waals surface area (Å²) in [7, 11) is -4.27. The fourth-order valence-corrected chi connectivity index (χ4v) is 3.49. The molecule has 1 aromatic rings. The number of hydrogen-bond acceptors (Lipinski definition) is 4. The Morgan fingerprint density at radius 2 is 1.81 bits per heavy atom. The average Bonchev–Trinajstić information content (AvgIpc) is 2.86. The summed E-state index contributed by atoms with van der Waals surface area (Å²) in [6.45, 7) is 0.129. The third-order valence-electron chi connectivity index (χ3n) is 3.34. The zero-order valence-electron chi connectivity index (χ0n) is 11.4. The summed E-state index contributed by atoms with van der Waals surface area (Å²) in [5.74, 6) is -2.42. The van der Waals surface area contributed by atoms with Gasteiger partial charge in [-0.3, -0.25) is 0 Å². The van der Waals surface area contributed by atoms with E-state index in [4.69, 9.17) is 10.5 Å². The molecule has 0 aromatic heterocycles. The summed E-state index contributed by atoms with van der Waals surface area (Å²) < 4.78 is 58.6. The Hall–Kier alpha value is -1.25. The van der Waals surface area contributed by atoms with Crippen LogP contribution in [0.2, 0.25) is 0 Å². The van der Waals surface area contributed by atoms with Crippen molar-refractivity contribution in [1.82, 2.24) is 4.72 Å². The van der Waals surface area contributed by atoms with E-state index in [2.05, 4.69) is 4.72 Å². The molecule has 0 heterocycles. The number of benzene rings is 1. The molecule has 5 nitrogen and oxygen atoms in total. The lowest BCUT2D eigenvalue weighted by atomic mass is 10.3. The van der Waals surface area contributed by atoms with E-state index in [1.807, 2.05) is 0 Å². The van der Waals surface area contributed by atoms with Gasteiger partial charge < -0.3 is 10.5 Å². The van der Waals surface area contributed by atoms with Gasteiger partial charge in [-0.05, 0) is 25.0 Å². The molecule has 0 bridgehead atoms. The highest BCUT2D eigenvalue weighted by atomic mass is 32.2. The third-order valence-corrected chi connectivity index (χ3v) is 4.85. The molecule has 1 saturated carbocycles. The van der Waals surface area contributed by atoms with Crippen molar-refractivity contribution in [3.8, 4) is 0 Å². The Kier molecular flexibility index (Phi) is 5.13. The molecule has 1 aliphatic rings. The van der Waals surface area contributed by atoms with E-state index in [0.717, 1.165) is 37.8 Å². The van der Waals surface area contributed by atoms with Crippen LogP contribution in [0.4, 0.5) is 14.5 Å². The van der Waals surface area contributed by atoms with Gasteiger partial charge in [-0.2, -0.15) is 0 Å². The molecule has 0 amide bonds. The van der Waals surface area contributed by atoms with Crippen LogP contribution in [0.1, 0.15) is 25.7 Å². The highest BCUT2D eigenvalue weighted by Crippen LogP contribution is 2.22. The minimum atomic E-state index is -4.27. The van der Waals surface area contributed by atoms with Crippen molar-refractivity contribution in [3.05, 3.63) is 23.8 Å². The van der Waals surface area contributed by atoms with E-state index in [0.29, 0.717) is 0 Å². The highest BCUT2D eigenvalue weighted by Gasteiger charge is 2.24. The van der Waals surface area contributed by atoms with E-state index in [1.54, 1.807) is 0 Å². The number of nitrogens with two attached hydrogens (primary N) is 1. The fraction of sp³-hybridized carbons (Fsp3) is 0.538. The minimum absolute atomic E-state index is 0.0396. The van der Waals surface area contributed by atoms with Crippen molar-refractivity contribution >= 4 is 15.7 Å². The standard InChI is InChI=1S/C13H18F2N2O3S/c14-11-7-9(16)8-12(15)13(11)21(18,19)17-5-6-20-10-3-1-2-4-10/h7-8,10,17H,1-6,16H2. The van der Waals surface area contributed by atoms with Crippen LogP contribution in [0.5, 0.6) is 0 Å². The van der Waals surface area contributed by atoms with Crippen LogP contribution >= 0.6 is 0 Å². The van der Waals surface area contributed by atoms with E-state index in [-0.39, 0.29) is 24.9 Å². The molecule has 8 heteroatoms. The molecule has 2 rings (SSSR count). The first-order valence-electron chi connectivity index (χ1n) is 6.76. The number of ether oxygens (including phenoxy) is 1. The molecule has 0 spiro atoms. The Labute approximate surface area is 122 Å². The van der Waals surface area contributed by atoms with Crippen molar-refractivity contribution in [2.45, 2.75) is 36.7 Å². The van der Waals surface area contributed by atoms with Crippen LogP contribution in [-0.4, -0.2) is 27.7 Å². The Morgan fingerprint density at radius 1 is 1.24 bits per heavy atom. The van der Waals surface area contributed by atoms with Crippen molar-refractivity contribution < 1.29 is 21.9 Å². The summed E-state index contributed by atoms with van der Waals surface area (Å²) in [5.41, 5.74) is 5.08. The first kappa shape index (κ1) is 16.1. The largest absolute Gasteiger partial charge is 0.399 e. The quantitative estimate of drug-likeness (QED) is 0.618. The second kappa shape index (κ2) is 6.67. The molecule has 1 aliphatic carbocycles. The second-order valence-corrected chi connectivity index (χ2v) is 6.69. The molecule has 0 radical (unpaired) electrons. The second-order valence-electron chi connectivity index (χ2n) is 4.99. The van der Waals surface area contributed by atoms with Gasteiger partial charge in [0.05, 0.1) is 12.7 Å². The molecule has 0 saturated heterocycles. The maximum Gasteiger partial charge on any atom is 0.246 e. The molecule has 1 aromatic carbocycles. The topological polar surface area (TPSA) is 81.4 Å². The molecule has 0 atom stereocenters. The van der Waals surface area contributed by atoms with E-state index in [9.17, 15) is 17.2 Å². The Balaban J connectivity index is 1.95. The molecule has 3 N–H and O–H groups in total. The van der Waals surface area contributed by atoms with Gasteiger partial charge in [-0.1, -0.05) is 12.8 Å². The summed E-state index contributed by atoms with van der Waals surface area (Å²) in [5, 5.41) is 0. The van der Waals surface area contributed by atoms with Gasteiger partial charge >= 0.3 is 0 Å². The molecule has 118 valence electrons. The van der Waals surface area contributed by atoms with Crippen LogP contribution < -0.4 is 10.5 Å². The van der Waals surface area contributed by atoms with Gasteiger partial charge in [-0.25, -0.2) is 21.9 Å². The monoisotopic (exact) mass is 320 g/mol. The molecule has 1 fully saturated rings. The van der Waals surface area contributed by atoms with Gasteiger partial charge in [0, 0.05) is 12.2 Å². The van der Waals surface area contributed by atoms with Crippen molar-refractivity contribution in [2.24, 2.45) is 0 Å². The lowest BCUT2D eigenvalue weighted by Crippen LogP contribution is -2.30. The van der Waals surface area contributed by atoms with Gasteiger partial charge in [-0.15, -0.1) is 0 Å². The van der Waals surface area contributed by atoms with Crippen LogP contribution in [0, 0.1) is 11.6 Å². The summed E-state index contributed by atoms with van der Waals surface area (Å²) in [6, 6.07) is 1.54. The van der Waals surface area contributed by atoms with Crippen molar-refractivity contribution in [3.63, 3.8) is 0 Å². The molecule has 0 unspecified atom stereocenters. The Morgan fingerprint density at radius 3 is 2.38 bits per heavy atom. The predicted molar refractivity (Wildman–Crippen MR) is 74.2 cm³/mol. The molecular weight excluding hydrogens is 302 g/mol. The normalized spacial score (nSPS) is 16.5. The predicted octanol–water partition coefficient (Wildman–Crippen LogP) is 1.78. The van der Waals surface area contributed by atoms with Crippen LogP contribution in [0.25, 0.3) is 0 Å². The first-order chi connectivity index (χ1) is 9.90. The average molecular weight is 320 g/mol. The van der Waals surface area contributed by atoms with E-state index in [1.165, 1.54) is 0 Å². The number of nitrogen functional groups attached to an aromatic ring is 1. The van der Waals surface area contributed by atoms with Crippen molar-refractivity contribution in [2.75, 3.05) is 18.9 Å². The Bertz CT molecular complexity index is 578. The molecular formula is C13H18F2N2O3S. The van der Waals surface area contributed by atoms with Gasteiger partial charge in [0.1, 0.15) is 11.6 Å². The summed E-state index contributed by atoms with van der Waals surface area (Å²) in [6.07, 6.45) is 4.30. The first-order valence-corrected chi connectivity index (χ1v) is 8.24. The van der Waals surface area contributed by atoms with Crippen molar-refractivity contribution in [1.29, 1.82) is 0 Å². The van der Waals surface area contributed by atoms with E-state index < -0.39 is 26.6 Å². The maximum atomic E-state index is 13.6. The smallest absolute Gasteiger partial charge is 0.246 e. The van der Waals surface area contributed by atoms with Gasteiger partial charge in [0.2, 0.25) is 10.0 Å². The highest BCUT2D eigenvalue weighted by molar-refractivity contribution is 7.89. The number of halogens is 2. The fourth-order valence-electron chi connectivity index (χ4n) is 2.37. The zero-order chi connectivity index (χ0) is 15.5. The summed E-state index contributed by atoms with van der Waals surface area (Å²) in [4.78, 5) is -1.02. The van der Waals surface area contributed by atoms with Crippen LogP contribution in [0.3, 0.4) is 0 Å². The molecule has 0 aliphatic heterocycles. The number of anilines is 1. The number of sulfonamides is 1. The van der Waals surface area contributed by atoms with Crippen LogP contribution in [0.15, 0.2) is 17.0 Å². The third kappa shape index (κ3) is 4.12. The number of rotatable bonds is 6.